The Bertz CT molecular complexity index is 1250. The predicted molar refractivity (Wildman–Crippen MR) is 110 cm³/mol. The number of halogens is 3. The van der Waals surface area contributed by atoms with Crippen molar-refractivity contribution in [2.45, 2.75) is 29.8 Å². The molecule has 2 atom stereocenters. The average molecular weight is 450 g/mol. The topological polar surface area (TPSA) is 90.0 Å². The van der Waals surface area contributed by atoms with Crippen LogP contribution in [-0.2, 0) is 16.2 Å². The number of hydrogen-bond acceptors (Lipinski definition) is 5. The number of nitrogens with zero attached hydrogens (tertiary/aromatic N) is 2. The number of anilines is 1. The Balaban J connectivity index is 1.78. The minimum Gasteiger partial charge on any atom is -0.398 e. The third-order valence-electron chi connectivity index (χ3n) is 6.31. The molecule has 31 heavy (non-hydrogen) atoms. The molecule has 0 unspecified atom stereocenters. The normalized spacial score (nSPS) is 22.3. The minimum atomic E-state index is -4.68. The zero-order valence-electron chi connectivity index (χ0n) is 16.4. The third-order valence-corrected chi connectivity index (χ3v) is 8.04. The zero-order valence-corrected chi connectivity index (χ0v) is 17.2. The second-order valence-corrected chi connectivity index (χ2v) is 10.0. The Morgan fingerprint density at radius 3 is 2.48 bits per heavy atom. The SMILES string of the molecule is Nc1c(C(F)(F)F)cnc2c1cc([C@@H]1CNC[C@@H]1C1CC1)n2S(=O)(=O)c1ccccc1. The first-order chi connectivity index (χ1) is 14.7. The highest BCUT2D eigenvalue weighted by atomic mass is 32.2. The van der Waals surface area contributed by atoms with Crippen LogP contribution in [0.3, 0.4) is 0 Å². The lowest BCUT2D eigenvalue weighted by molar-refractivity contribution is -0.137. The number of aromatic nitrogens is 2. The monoisotopic (exact) mass is 450 g/mol. The molecular formula is C21H21F3N4O2S. The second-order valence-electron chi connectivity index (χ2n) is 8.24. The van der Waals surface area contributed by atoms with Gasteiger partial charge >= 0.3 is 6.18 Å². The molecule has 3 aromatic rings. The summed E-state index contributed by atoms with van der Waals surface area (Å²) in [5, 5.41) is 3.32. The Hall–Kier alpha value is -2.59. The van der Waals surface area contributed by atoms with E-state index in [1.165, 1.54) is 18.2 Å². The van der Waals surface area contributed by atoms with Gasteiger partial charge in [0.1, 0.15) is 0 Å². The molecule has 1 aromatic carbocycles. The van der Waals surface area contributed by atoms with E-state index in [2.05, 4.69) is 10.3 Å². The summed E-state index contributed by atoms with van der Waals surface area (Å²) >= 11 is 0. The van der Waals surface area contributed by atoms with Crippen molar-refractivity contribution >= 4 is 26.7 Å². The molecule has 1 saturated carbocycles. The smallest absolute Gasteiger partial charge is 0.398 e. The summed E-state index contributed by atoms with van der Waals surface area (Å²) in [5.74, 6) is 0.549. The van der Waals surface area contributed by atoms with Gasteiger partial charge in [-0.05, 0) is 49.4 Å². The maximum atomic E-state index is 13.6. The van der Waals surface area contributed by atoms with E-state index >= 15 is 0 Å². The molecule has 2 aliphatic rings. The highest BCUT2D eigenvalue weighted by molar-refractivity contribution is 7.90. The molecule has 0 amide bonds. The molecule has 6 nitrogen and oxygen atoms in total. The summed E-state index contributed by atoms with van der Waals surface area (Å²) in [6.07, 6.45) is -1.92. The van der Waals surface area contributed by atoms with Gasteiger partial charge in [-0.1, -0.05) is 18.2 Å². The molecule has 10 heteroatoms. The van der Waals surface area contributed by atoms with Crippen LogP contribution in [0.1, 0.15) is 30.0 Å². The zero-order chi connectivity index (χ0) is 22.0. The summed E-state index contributed by atoms with van der Waals surface area (Å²) in [6, 6.07) is 9.31. The average Bonchev–Trinajstić information content (AvgIpc) is 3.30. The van der Waals surface area contributed by atoms with Gasteiger partial charge < -0.3 is 11.1 Å². The number of hydrogen-bond donors (Lipinski definition) is 2. The van der Waals surface area contributed by atoms with Crippen LogP contribution >= 0.6 is 0 Å². The molecule has 2 aromatic heterocycles. The van der Waals surface area contributed by atoms with Crippen LogP contribution in [0.25, 0.3) is 11.0 Å². The fourth-order valence-electron chi connectivity index (χ4n) is 4.64. The van der Waals surface area contributed by atoms with Crippen molar-refractivity contribution < 1.29 is 21.6 Å². The lowest BCUT2D eigenvalue weighted by atomic mass is 9.89. The predicted octanol–water partition coefficient (Wildman–Crippen LogP) is 3.59. The first-order valence-electron chi connectivity index (χ1n) is 10.1. The van der Waals surface area contributed by atoms with Crippen molar-refractivity contribution in [3.63, 3.8) is 0 Å². The molecular weight excluding hydrogens is 429 g/mol. The first-order valence-corrected chi connectivity index (χ1v) is 11.5. The highest BCUT2D eigenvalue weighted by Crippen LogP contribution is 2.47. The summed E-state index contributed by atoms with van der Waals surface area (Å²) in [6.45, 7) is 1.30. The fraction of sp³-hybridized carbons (Fsp3) is 0.381. The van der Waals surface area contributed by atoms with E-state index in [-0.39, 0.29) is 27.8 Å². The number of rotatable bonds is 4. The van der Waals surface area contributed by atoms with Crippen molar-refractivity contribution in [2.24, 2.45) is 11.8 Å². The van der Waals surface area contributed by atoms with Crippen molar-refractivity contribution in [3.8, 4) is 0 Å². The van der Waals surface area contributed by atoms with Crippen molar-refractivity contribution in [1.82, 2.24) is 14.3 Å². The molecule has 0 spiro atoms. The molecule has 3 N–H and O–H groups in total. The number of alkyl halides is 3. The van der Waals surface area contributed by atoms with Gasteiger partial charge in [0.05, 0.1) is 16.1 Å². The Morgan fingerprint density at radius 2 is 1.84 bits per heavy atom. The largest absolute Gasteiger partial charge is 0.419 e. The number of nitrogen functional groups attached to an aromatic ring is 1. The van der Waals surface area contributed by atoms with E-state index in [0.717, 1.165) is 23.4 Å². The minimum absolute atomic E-state index is 0.00535. The molecule has 3 heterocycles. The van der Waals surface area contributed by atoms with E-state index in [1.54, 1.807) is 18.2 Å². The van der Waals surface area contributed by atoms with Crippen LogP contribution in [0.2, 0.25) is 0 Å². The summed E-state index contributed by atoms with van der Waals surface area (Å²) < 4.78 is 68.5. The second kappa shape index (κ2) is 6.96. The van der Waals surface area contributed by atoms with E-state index < -0.39 is 27.5 Å². The van der Waals surface area contributed by atoms with Crippen LogP contribution in [0.15, 0.2) is 47.5 Å². The molecule has 0 bridgehead atoms. The molecule has 0 radical (unpaired) electrons. The van der Waals surface area contributed by atoms with E-state index in [9.17, 15) is 21.6 Å². The van der Waals surface area contributed by atoms with E-state index in [0.29, 0.717) is 24.4 Å². The van der Waals surface area contributed by atoms with Gasteiger partial charge in [-0.15, -0.1) is 0 Å². The van der Waals surface area contributed by atoms with Gasteiger partial charge in [0.25, 0.3) is 10.0 Å². The van der Waals surface area contributed by atoms with Crippen molar-refractivity contribution in [3.05, 3.63) is 53.9 Å². The standard InChI is InChI=1S/C21H21F3N4O2S/c22-21(23,24)17-11-27-20-14(19(17)25)8-18(16-10-26-9-15(16)12-6-7-12)28(20)31(29,30)13-4-2-1-3-5-13/h1-5,8,11-12,15-16,26H,6-7,9-10H2,(H2,25,27)/t15-,16-/m1/s1. The fourth-order valence-corrected chi connectivity index (χ4v) is 6.19. The van der Waals surface area contributed by atoms with Crippen LogP contribution < -0.4 is 11.1 Å². The molecule has 164 valence electrons. The molecule has 2 fully saturated rings. The van der Waals surface area contributed by atoms with Gasteiger partial charge in [-0.25, -0.2) is 17.4 Å². The first kappa shape index (κ1) is 20.3. The lowest BCUT2D eigenvalue weighted by Gasteiger charge is -2.20. The Labute approximate surface area is 177 Å². The summed E-state index contributed by atoms with van der Waals surface area (Å²) in [5.41, 5.74) is 4.67. The molecule has 1 aliphatic carbocycles. The number of fused-ring (bicyclic) bond motifs is 1. The maximum absolute atomic E-state index is 13.6. The number of benzene rings is 1. The Morgan fingerprint density at radius 1 is 1.13 bits per heavy atom. The van der Waals surface area contributed by atoms with Crippen molar-refractivity contribution in [1.29, 1.82) is 0 Å². The highest BCUT2D eigenvalue weighted by Gasteiger charge is 2.43. The van der Waals surface area contributed by atoms with E-state index in [1.807, 2.05) is 0 Å². The van der Waals surface area contributed by atoms with Gasteiger partial charge in [-0.3, -0.25) is 0 Å². The third kappa shape index (κ3) is 3.28. The molecule has 1 aliphatic heterocycles. The number of nitrogens with one attached hydrogen (secondary N) is 1. The Kier molecular flexibility index (Phi) is 4.56. The van der Waals surface area contributed by atoms with E-state index in [4.69, 9.17) is 5.73 Å². The number of nitrogens with two attached hydrogens (primary N) is 1. The maximum Gasteiger partial charge on any atom is 0.419 e. The molecule has 1 saturated heterocycles. The van der Waals surface area contributed by atoms with Crippen molar-refractivity contribution in [2.75, 3.05) is 18.8 Å². The van der Waals surface area contributed by atoms with Crippen LogP contribution in [0.4, 0.5) is 18.9 Å². The number of pyridine rings is 1. The van der Waals surface area contributed by atoms with Crippen LogP contribution in [-0.4, -0.2) is 30.5 Å². The lowest BCUT2D eigenvalue weighted by Crippen LogP contribution is -2.22. The molecule has 5 rings (SSSR count). The van der Waals surface area contributed by atoms with Crippen LogP contribution in [0.5, 0.6) is 0 Å². The summed E-state index contributed by atoms with van der Waals surface area (Å²) in [7, 11) is -4.09. The van der Waals surface area contributed by atoms with Gasteiger partial charge in [-0.2, -0.15) is 13.2 Å². The van der Waals surface area contributed by atoms with Gasteiger partial charge in [0.15, 0.2) is 5.65 Å². The summed E-state index contributed by atoms with van der Waals surface area (Å²) in [4.78, 5) is 3.99. The quantitative estimate of drug-likeness (QED) is 0.634. The van der Waals surface area contributed by atoms with Crippen LogP contribution in [0, 0.1) is 11.8 Å². The van der Waals surface area contributed by atoms with Gasteiger partial charge in [0, 0.05) is 29.7 Å². The van der Waals surface area contributed by atoms with Gasteiger partial charge in [0.2, 0.25) is 0 Å².